The second-order valence-electron chi connectivity index (χ2n) is 19.3. The van der Waals surface area contributed by atoms with Gasteiger partial charge in [0.1, 0.15) is 22.3 Å². The Morgan fingerprint density at radius 3 is 1.01 bits per heavy atom. The molecule has 0 radical (unpaired) electrons. The van der Waals surface area contributed by atoms with E-state index in [-0.39, 0.29) is 0 Å². The van der Waals surface area contributed by atoms with Crippen LogP contribution in [0.5, 0.6) is 0 Å². The van der Waals surface area contributed by atoms with E-state index in [1.165, 1.54) is 113 Å². The van der Waals surface area contributed by atoms with E-state index in [1.54, 1.807) is 0 Å². The average Bonchev–Trinajstić information content (AvgIpc) is 4.22. The van der Waals surface area contributed by atoms with Gasteiger partial charge in [0.15, 0.2) is 0 Å². The van der Waals surface area contributed by atoms with Crippen molar-refractivity contribution < 1.29 is 11.6 Å². The van der Waals surface area contributed by atoms with Crippen LogP contribution in [-0.4, -0.2) is 0 Å². The molecule has 0 fully saturated rings. The minimum Gasteiger partial charge on any atom is -0.455 e. The molecule has 16 aromatic rings. The number of furan rings is 2. The van der Waals surface area contributed by atoms with Crippen LogP contribution in [0.3, 0.4) is 0 Å². The zero-order valence-corrected chi connectivity index (χ0v) is 42.2. The van der Waals surface area contributed by atoms with Crippen LogP contribution in [0, 0.1) is 0 Å². The molecule has 2 nitrogen and oxygen atoms in total. The highest BCUT2D eigenvalue weighted by Gasteiger charge is 2.23. The zero-order chi connectivity index (χ0) is 52.7. The molecule has 0 atom stereocenters. The summed E-state index contributed by atoms with van der Waals surface area (Å²) in [5, 5.41) is 19.6. The highest BCUT2D eigenvalue weighted by Crippen LogP contribution is 2.49. The molecule has 0 spiro atoms. The van der Waals surface area contributed by atoms with Crippen LogP contribution < -0.4 is 0 Å². The summed E-state index contributed by atoms with van der Waals surface area (Å²) >= 11 is 0. The second kappa shape index (κ2) is 18.6. The molecule has 2 aromatic heterocycles. The van der Waals surface area contributed by atoms with E-state index in [9.17, 15) is 0 Å². The number of benzene rings is 14. The van der Waals surface area contributed by atoms with Gasteiger partial charge in [0.25, 0.3) is 0 Å². The summed E-state index contributed by atoms with van der Waals surface area (Å²) in [5.74, 6) is 0. The summed E-state index contributed by atoms with van der Waals surface area (Å²) in [5.41, 5.74) is 13.5. The van der Waals surface area contributed by atoms with Crippen LogP contribution in [-0.2, 0) is 0 Å². The lowest BCUT2D eigenvalue weighted by Gasteiger charge is -2.18. The molecule has 0 aliphatic heterocycles. The van der Waals surface area contributed by atoms with Crippen molar-refractivity contribution in [1.29, 1.82) is 0 Å². The predicted molar refractivity (Wildman–Crippen MR) is 328 cm³/mol. The largest absolute Gasteiger partial charge is 0.455 e. The fraction of sp³-hybridized carbons (Fsp3) is 0.0270. The van der Waals surface area contributed by atoms with E-state index >= 15 is 0 Å². The van der Waals surface area contributed by atoms with E-state index in [2.05, 4.69) is 255 Å². The van der Waals surface area contributed by atoms with Crippen molar-refractivity contribution in [3.8, 4) is 44.5 Å². The summed E-state index contributed by atoms with van der Waals surface area (Å²) in [6.07, 6.45) is 0. The average molecular weight is 975 g/mol. The van der Waals surface area contributed by atoms with Crippen LogP contribution in [0.1, 0.15) is 17.5 Å². The number of hydrogen-bond donors (Lipinski definition) is 0. The fourth-order valence-corrected chi connectivity index (χ4v) is 12.1. The molecule has 0 aliphatic rings. The van der Waals surface area contributed by atoms with Crippen molar-refractivity contribution in [3.05, 3.63) is 267 Å². The van der Waals surface area contributed by atoms with Crippen LogP contribution in [0.2, 0.25) is 0 Å². The Morgan fingerprint density at radius 1 is 0.224 bits per heavy atom. The Hall–Kier alpha value is -9.76. The Kier molecular flexibility index (Phi) is 10.7. The van der Waals surface area contributed by atoms with Gasteiger partial charge in [-0.1, -0.05) is 264 Å². The minimum atomic E-state index is 0.922. The van der Waals surface area contributed by atoms with Crippen LogP contribution in [0.25, 0.3) is 153 Å². The quantitative estimate of drug-likeness (QED) is 0.164. The molecular formula is C74H52O2. The minimum absolute atomic E-state index is 0.922. The SMILES string of the molecule is [2H]C.[2H]C.c1ccc2c(-c3c4ccccc4c(-c4cccc5c4oc4ccccc45)c4ccccc34)cccc2c1.c1ccc2cc(-c3c4ccccc4c(-c4cccc5c4oc4ccccc45)c4ccccc34)ccc2c1. The molecule has 76 heavy (non-hydrogen) atoms. The van der Waals surface area contributed by atoms with Gasteiger partial charge in [-0.2, -0.15) is 0 Å². The first kappa shape index (κ1) is 43.8. The van der Waals surface area contributed by atoms with Crippen molar-refractivity contribution in [3.63, 3.8) is 0 Å². The van der Waals surface area contributed by atoms with Gasteiger partial charge in [-0.3, -0.25) is 0 Å². The van der Waals surface area contributed by atoms with Gasteiger partial charge < -0.3 is 8.83 Å². The molecule has 0 bridgehead atoms. The molecule has 0 unspecified atom stereocenters. The van der Waals surface area contributed by atoms with Gasteiger partial charge in [0.2, 0.25) is 0 Å². The smallest absolute Gasteiger partial charge is 0.143 e. The highest BCUT2D eigenvalue weighted by molar-refractivity contribution is 6.27. The topological polar surface area (TPSA) is 26.3 Å². The molecular weight excluding hydrogens is 921 g/mol. The molecule has 0 N–H and O–H groups in total. The van der Waals surface area contributed by atoms with E-state index < -0.39 is 0 Å². The van der Waals surface area contributed by atoms with Gasteiger partial charge in [0.05, 0.1) is 0 Å². The van der Waals surface area contributed by atoms with Crippen molar-refractivity contribution in [2.24, 2.45) is 0 Å². The summed E-state index contributed by atoms with van der Waals surface area (Å²) in [4.78, 5) is 0. The van der Waals surface area contributed by atoms with Crippen LogP contribution >= 0.6 is 0 Å². The molecule has 16 rings (SSSR count). The summed E-state index contributed by atoms with van der Waals surface area (Å²) in [6.45, 7) is 0. The normalized spacial score (nSPS) is 11.7. The Morgan fingerprint density at radius 2 is 0.539 bits per heavy atom. The van der Waals surface area contributed by atoms with Gasteiger partial charge >= 0.3 is 0 Å². The second-order valence-corrected chi connectivity index (χ2v) is 19.3. The molecule has 0 saturated heterocycles. The molecule has 0 saturated carbocycles. The van der Waals surface area contributed by atoms with Crippen molar-refractivity contribution in [1.82, 2.24) is 0 Å². The van der Waals surface area contributed by atoms with Crippen molar-refractivity contribution in [2.75, 3.05) is 0 Å². The fourth-order valence-electron chi connectivity index (χ4n) is 12.1. The van der Waals surface area contributed by atoms with E-state index in [1.807, 2.05) is 12.1 Å². The standard InChI is InChI=1S/2C36H22O.2CH4/c1-2-13-24-23(11-1)12-9-19-26(24)34-27-15-3-5-17-29(27)35(30-18-6-4-16-28(30)34)32-21-10-20-31-25-14-7-8-22-33(25)37-36(31)32;1-2-11-24-22-25(21-20-23(24)10-1)34-27-13-3-5-15-29(27)35(30-16-6-4-14-28(30)34)32-18-9-17-31-26-12-7-8-19-33(26)37-36(31)32;;/h2*1-22H;2*1H4/i;;2*1D. The van der Waals surface area contributed by atoms with Crippen LogP contribution in [0.15, 0.2) is 276 Å². The van der Waals surface area contributed by atoms with Gasteiger partial charge in [-0.25, -0.2) is 0 Å². The maximum atomic E-state index is 6.51. The zero-order valence-electron chi connectivity index (χ0n) is 44.2. The molecule has 0 amide bonds. The van der Waals surface area contributed by atoms with Crippen LogP contribution in [0.4, 0.5) is 0 Å². The monoisotopic (exact) mass is 974 g/mol. The predicted octanol–water partition coefficient (Wildman–Crippen LogP) is 22.0. The van der Waals surface area contributed by atoms with Gasteiger partial charge in [0, 0.05) is 46.5 Å². The summed E-state index contributed by atoms with van der Waals surface area (Å²) in [6, 6.07) is 95.6. The summed E-state index contributed by atoms with van der Waals surface area (Å²) in [7, 11) is 2.50. The Bertz CT molecular complexity index is 4800. The Labute approximate surface area is 444 Å². The van der Waals surface area contributed by atoms with Gasteiger partial charge in [-0.05, 0) is 105 Å². The molecule has 0 aliphatic carbocycles. The lowest BCUT2D eigenvalue weighted by atomic mass is 9.84. The van der Waals surface area contributed by atoms with E-state index in [0.717, 1.165) is 55.0 Å². The maximum Gasteiger partial charge on any atom is 0.143 e. The number of rotatable bonds is 4. The lowest BCUT2D eigenvalue weighted by Crippen LogP contribution is -1.91. The first-order valence-corrected chi connectivity index (χ1v) is 25.4. The molecule has 2 heteroatoms. The third-order valence-electron chi connectivity index (χ3n) is 15.3. The third-order valence-corrected chi connectivity index (χ3v) is 15.3. The third kappa shape index (κ3) is 7.17. The molecule has 14 aromatic carbocycles. The van der Waals surface area contributed by atoms with Crippen molar-refractivity contribution in [2.45, 2.75) is 14.8 Å². The highest BCUT2D eigenvalue weighted by atomic mass is 16.3. The Balaban J connectivity index is 0.000000140. The number of fused-ring (bicyclic) bond motifs is 12. The lowest BCUT2D eigenvalue weighted by molar-refractivity contribution is 0.669. The first-order chi connectivity index (χ1) is 38.7. The molecule has 360 valence electrons. The maximum absolute atomic E-state index is 6.51. The molecule has 2 heterocycles. The van der Waals surface area contributed by atoms with E-state index in [0.29, 0.717) is 0 Å². The number of para-hydroxylation sites is 4. The number of hydrogen-bond acceptors (Lipinski definition) is 2. The van der Waals surface area contributed by atoms with Gasteiger partial charge in [-0.15, -0.1) is 0 Å². The summed E-state index contributed by atoms with van der Waals surface area (Å²) < 4.78 is 24.5. The first-order valence-electron chi connectivity index (χ1n) is 27.4. The van der Waals surface area contributed by atoms with Crippen molar-refractivity contribution >= 4 is 109 Å². The van der Waals surface area contributed by atoms with E-state index in [4.69, 9.17) is 11.6 Å².